The fourth-order valence-corrected chi connectivity index (χ4v) is 1.96. The van der Waals surface area contributed by atoms with E-state index in [4.69, 9.17) is 10.5 Å². The maximum absolute atomic E-state index is 11.5. The van der Waals surface area contributed by atoms with Crippen molar-refractivity contribution in [3.05, 3.63) is 28.2 Å². The molecule has 1 aromatic rings. The standard InChI is InChI=1S/C13H16BrN3O3/c1-8-3-4-11(10(14)5-8)20-7-13(19)17-16-9(2)6-12(15)18/h3-5H,6-7H2,1-2H3,(H2,15,18)(H,17,19). The molecule has 6 nitrogen and oxygen atoms in total. The Morgan fingerprint density at radius 1 is 1.45 bits per heavy atom. The molecular formula is C13H16BrN3O3. The molecular weight excluding hydrogens is 326 g/mol. The molecule has 0 spiro atoms. The highest BCUT2D eigenvalue weighted by atomic mass is 79.9. The Balaban J connectivity index is 2.45. The summed E-state index contributed by atoms with van der Waals surface area (Å²) in [4.78, 5) is 22.1. The summed E-state index contributed by atoms with van der Waals surface area (Å²) >= 11 is 3.35. The van der Waals surface area contributed by atoms with Gasteiger partial charge < -0.3 is 10.5 Å². The van der Waals surface area contributed by atoms with Crippen molar-refractivity contribution < 1.29 is 14.3 Å². The van der Waals surface area contributed by atoms with Crippen molar-refractivity contribution >= 4 is 33.5 Å². The van der Waals surface area contributed by atoms with Gasteiger partial charge in [0.15, 0.2) is 6.61 Å². The van der Waals surface area contributed by atoms with E-state index in [1.807, 2.05) is 19.1 Å². The highest BCUT2D eigenvalue weighted by Gasteiger charge is 2.06. The second kappa shape index (κ2) is 7.64. The van der Waals surface area contributed by atoms with Gasteiger partial charge in [-0.15, -0.1) is 0 Å². The van der Waals surface area contributed by atoms with E-state index in [0.29, 0.717) is 11.5 Å². The molecule has 0 heterocycles. The summed E-state index contributed by atoms with van der Waals surface area (Å²) in [5.74, 6) is -0.342. The number of hydrogen-bond acceptors (Lipinski definition) is 4. The minimum absolute atomic E-state index is 0.00461. The van der Waals surface area contributed by atoms with Crippen LogP contribution in [0.25, 0.3) is 0 Å². The maximum Gasteiger partial charge on any atom is 0.277 e. The molecule has 20 heavy (non-hydrogen) atoms. The van der Waals surface area contributed by atoms with E-state index in [0.717, 1.165) is 10.0 Å². The first kappa shape index (κ1) is 16.2. The van der Waals surface area contributed by atoms with Crippen molar-refractivity contribution in [2.75, 3.05) is 6.61 Å². The van der Waals surface area contributed by atoms with Crippen LogP contribution in [0.2, 0.25) is 0 Å². The molecule has 0 fully saturated rings. The van der Waals surface area contributed by atoms with Crippen molar-refractivity contribution in [3.8, 4) is 5.75 Å². The number of hydrogen-bond donors (Lipinski definition) is 2. The molecule has 7 heteroatoms. The summed E-state index contributed by atoms with van der Waals surface area (Å²) in [6.45, 7) is 3.38. The summed E-state index contributed by atoms with van der Waals surface area (Å²) in [7, 11) is 0. The monoisotopic (exact) mass is 341 g/mol. The quantitative estimate of drug-likeness (QED) is 0.606. The van der Waals surface area contributed by atoms with Crippen LogP contribution in [0.5, 0.6) is 5.75 Å². The van der Waals surface area contributed by atoms with Gasteiger partial charge in [0, 0.05) is 5.71 Å². The zero-order valence-corrected chi connectivity index (χ0v) is 12.9. The average molecular weight is 342 g/mol. The number of nitrogens with one attached hydrogen (secondary N) is 1. The average Bonchev–Trinajstić information content (AvgIpc) is 2.34. The van der Waals surface area contributed by atoms with E-state index in [-0.39, 0.29) is 13.0 Å². The molecule has 0 unspecified atom stereocenters. The predicted molar refractivity (Wildman–Crippen MR) is 79.4 cm³/mol. The molecule has 0 radical (unpaired) electrons. The van der Waals surface area contributed by atoms with Crippen LogP contribution in [0.15, 0.2) is 27.8 Å². The van der Waals surface area contributed by atoms with Crippen LogP contribution < -0.4 is 15.9 Å². The van der Waals surface area contributed by atoms with Gasteiger partial charge in [0.2, 0.25) is 5.91 Å². The lowest BCUT2D eigenvalue weighted by molar-refractivity contribution is -0.123. The van der Waals surface area contributed by atoms with E-state index in [9.17, 15) is 9.59 Å². The highest BCUT2D eigenvalue weighted by Crippen LogP contribution is 2.25. The number of carbonyl (C=O) groups is 2. The van der Waals surface area contributed by atoms with Gasteiger partial charge in [0.1, 0.15) is 5.75 Å². The molecule has 0 aliphatic rings. The first-order valence-corrected chi connectivity index (χ1v) is 6.67. The van der Waals surface area contributed by atoms with Crippen molar-refractivity contribution in [3.63, 3.8) is 0 Å². The van der Waals surface area contributed by atoms with E-state index >= 15 is 0 Å². The smallest absolute Gasteiger partial charge is 0.277 e. The van der Waals surface area contributed by atoms with Gasteiger partial charge >= 0.3 is 0 Å². The van der Waals surface area contributed by atoms with E-state index in [1.54, 1.807) is 13.0 Å². The predicted octanol–water partition coefficient (Wildman–Crippen LogP) is 1.50. The number of nitrogens with two attached hydrogens (primary N) is 1. The van der Waals surface area contributed by atoms with E-state index < -0.39 is 11.8 Å². The lowest BCUT2D eigenvalue weighted by Gasteiger charge is -2.08. The first-order valence-electron chi connectivity index (χ1n) is 5.87. The van der Waals surface area contributed by atoms with Crippen LogP contribution in [-0.4, -0.2) is 24.1 Å². The maximum atomic E-state index is 11.5. The van der Waals surface area contributed by atoms with Gasteiger partial charge in [-0.05, 0) is 47.5 Å². The number of halogens is 1. The fourth-order valence-electron chi connectivity index (χ4n) is 1.35. The van der Waals surface area contributed by atoms with Gasteiger partial charge in [-0.25, -0.2) is 5.43 Å². The number of primary amides is 1. The number of rotatable bonds is 6. The van der Waals surface area contributed by atoms with Crippen molar-refractivity contribution in [2.45, 2.75) is 20.3 Å². The summed E-state index contributed by atoms with van der Waals surface area (Å²) in [6.07, 6.45) is 0.00461. The van der Waals surface area contributed by atoms with Gasteiger partial charge in [0.25, 0.3) is 5.91 Å². The number of ether oxygens (including phenoxy) is 1. The number of carbonyl (C=O) groups excluding carboxylic acids is 2. The Morgan fingerprint density at radius 3 is 2.75 bits per heavy atom. The Morgan fingerprint density at radius 2 is 2.15 bits per heavy atom. The Bertz CT molecular complexity index is 544. The van der Waals surface area contributed by atoms with Crippen LogP contribution in [0, 0.1) is 6.92 Å². The zero-order valence-electron chi connectivity index (χ0n) is 11.3. The summed E-state index contributed by atoms with van der Waals surface area (Å²) in [5.41, 5.74) is 8.81. The van der Waals surface area contributed by atoms with Crippen LogP contribution in [0.4, 0.5) is 0 Å². The second-order valence-electron chi connectivity index (χ2n) is 4.25. The lowest BCUT2D eigenvalue weighted by atomic mass is 10.2. The number of benzene rings is 1. The second-order valence-corrected chi connectivity index (χ2v) is 5.10. The molecule has 0 aliphatic heterocycles. The zero-order chi connectivity index (χ0) is 15.1. The number of hydrazone groups is 1. The van der Waals surface area contributed by atoms with Crippen molar-refractivity contribution in [1.29, 1.82) is 0 Å². The van der Waals surface area contributed by atoms with Gasteiger partial charge in [-0.1, -0.05) is 6.07 Å². The molecule has 2 amide bonds. The van der Waals surface area contributed by atoms with Gasteiger partial charge in [0.05, 0.1) is 10.9 Å². The molecule has 0 saturated heterocycles. The van der Waals surface area contributed by atoms with Crippen LogP contribution in [-0.2, 0) is 9.59 Å². The highest BCUT2D eigenvalue weighted by molar-refractivity contribution is 9.10. The normalized spacial score (nSPS) is 11.1. The molecule has 108 valence electrons. The van der Waals surface area contributed by atoms with Gasteiger partial charge in [-0.2, -0.15) is 5.10 Å². The van der Waals surface area contributed by atoms with Crippen LogP contribution in [0.3, 0.4) is 0 Å². The van der Waals surface area contributed by atoms with Crippen molar-refractivity contribution in [1.82, 2.24) is 5.43 Å². The molecule has 0 atom stereocenters. The Labute approximate surface area is 125 Å². The molecule has 3 N–H and O–H groups in total. The summed E-state index contributed by atoms with van der Waals surface area (Å²) < 4.78 is 6.12. The first-order chi connectivity index (χ1) is 9.38. The third kappa shape index (κ3) is 5.83. The van der Waals surface area contributed by atoms with Crippen LogP contribution >= 0.6 is 15.9 Å². The fraction of sp³-hybridized carbons (Fsp3) is 0.308. The molecule has 0 bridgehead atoms. The number of aryl methyl sites for hydroxylation is 1. The molecule has 0 saturated carbocycles. The lowest BCUT2D eigenvalue weighted by Crippen LogP contribution is -2.26. The minimum atomic E-state index is -0.500. The molecule has 1 aromatic carbocycles. The SMILES string of the molecule is CC(CC(N)=O)=NNC(=O)COc1ccc(C)cc1Br. The molecule has 1 rings (SSSR count). The molecule has 0 aromatic heterocycles. The number of amides is 2. The summed E-state index contributed by atoms with van der Waals surface area (Å²) in [5, 5.41) is 3.74. The minimum Gasteiger partial charge on any atom is -0.483 e. The molecule has 0 aliphatic carbocycles. The number of nitrogens with zero attached hydrogens (tertiary/aromatic N) is 1. The third-order valence-electron chi connectivity index (χ3n) is 2.25. The Kier molecular flexibility index (Phi) is 6.17. The summed E-state index contributed by atoms with van der Waals surface area (Å²) in [6, 6.07) is 5.55. The topological polar surface area (TPSA) is 93.8 Å². The largest absolute Gasteiger partial charge is 0.483 e. The van der Waals surface area contributed by atoms with Crippen molar-refractivity contribution in [2.24, 2.45) is 10.8 Å². The Hall–Kier alpha value is -1.89. The van der Waals surface area contributed by atoms with E-state index in [2.05, 4.69) is 26.5 Å². The van der Waals surface area contributed by atoms with Gasteiger partial charge in [-0.3, -0.25) is 9.59 Å². The van der Waals surface area contributed by atoms with Crippen LogP contribution in [0.1, 0.15) is 18.9 Å². The van der Waals surface area contributed by atoms with E-state index in [1.165, 1.54) is 0 Å². The third-order valence-corrected chi connectivity index (χ3v) is 2.87.